The molecule has 0 unspecified atom stereocenters. The van der Waals surface area contributed by atoms with E-state index in [4.69, 9.17) is 0 Å². The summed E-state index contributed by atoms with van der Waals surface area (Å²) in [5, 5.41) is 0. The molecular formula is C22H25F5O. The predicted molar refractivity (Wildman–Crippen MR) is 101 cm³/mol. The Morgan fingerprint density at radius 3 is 1.96 bits per heavy atom. The smallest absolute Gasteiger partial charge is 0.422 e. The summed E-state index contributed by atoms with van der Waals surface area (Å²) in [7, 11) is 0. The van der Waals surface area contributed by atoms with Gasteiger partial charge in [0.1, 0.15) is 0 Å². The minimum Gasteiger partial charge on any atom is -0.481 e. The van der Waals surface area contributed by atoms with E-state index in [9.17, 15) is 22.0 Å². The quantitative estimate of drug-likeness (QED) is 0.284. The Labute approximate surface area is 162 Å². The van der Waals surface area contributed by atoms with E-state index in [1.165, 1.54) is 17.7 Å². The summed E-state index contributed by atoms with van der Waals surface area (Å²) in [6, 6.07) is 11.6. The zero-order chi connectivity index (χ0) is 20.4. The molecular weight excluding hydrogens is 375 g/mol. The lowest BCUT2D eigenvalue weighted by atomic mass is 10.0. The normalized spacial score (nSPS) is 11.6. The number of halogens is 5. The molecule has 0 fully saturated rings. The molecule has 154 valence electrons. The molecule has 0 aliphatic heterocycles. The van der Waals surface area contributed by atoms with Crippen LogP contribution in [0.15, 0.2) is 42.5 Å². The van der Waals surface area contributed by atoms with E-state index in [1.807, 2.05) is 24.3 Å². The molecule has 2 aromatic rings. The maximum atomic E-state index is 14.0. The average Bonchev–Trinajstić information content (AvgIpc) is 2.66. The van der Waals surface area contributed by atoms with Crippen molar-refractivity contribution in [1.29, 1.82) is 0 Å². The summed E-state index contributed by atoms with van der Waals surface area (Å²) in [5.74, 6) is -1.23. The first-order valence-electron chi connectivity index (χ1n) is 9.53. The molecule has 0 saturated carbocycles. The fourth-order valence-electron chi connectivity index (χ4n) is 2.95. The Morgan fingerprint density at radius 2 is 1.36 bits per heavy atom. The van der Waals surface area contributed by atoms with Crippen molar-refractivity contribution in [2.45, 2.75) is 51.1 Å². The highest BCUT2D eigenvalue weighted by molar-refractivity contribution is 5.64. The van der Waals surface area contributed by atoms with E-state index in [1.54, 1.807) is 6.07 Å². The van der Waals surface area contributed by atoms with Crippen LogP contribution < -0.4 is 4.74 Å². The summed E-state index contributed by atoms with van der Waals surface area (Å²) in [6.45, 7) is -1.76. The van der Waals surface area contributed by atoms with Gasteiger partial charge < -0.3 is 4.74 Å². The van der Waals surface area contributed by atoms with Gasteiger partial charge in [0.15, 0.2) is 18.2 Å². The SMILES string of the molecule is FCCCCCCCCc1ccc(-c2ccc(OCC(F)(F)F)c(F)c2)cc1. The monoisotopic (exact) mass is 400 g/mol. The van der Waals surface area contributed by atoms with Gasteiger partial charge in [0.2, 0.25) is 0 Å². The van der Waals surface area contributed by atoms with Gasteiger partial charge in [0.25, 0.3) is 0 Å². The topological polar surface area (TPSA) is 9.23 Å². The Kier molecular flexibility index (Phi) is 8.74. The molecule has 0 N–H and O–H groups in total. The number of rotatable bonds is 11. The second-order valence-corrected chi connectivity index (χ2v) is 6.81. The first-order chi connectivity index (χ1) is 13.4. The number of hydrogen-bond donors (Lipinski definition) is 0. The second-order valence-electron chi connectivity index (χ2n) is 6.81. The molecule has 0 aliphatic rings. The van der Waals surface area contributed by atoms with Crippen LogP contribution >= 0.6 is 0 Å². The average molecular weight is 400 g/mol. The number of unbranched alkanes of at least 4 members (excludes halogenated alkanes) is 5. The van der Waals surface area contributed by atoms with Crippen LogP contribution in [-0.4, -0.2) is 19.5 Å². The highest BCUT2D eigenvalue weighted by Crippen LogP contribution is 2.27. The number of hydrogen-bond acceptors (Lipinski definition) is 1. The van der Waals surface area contributed by atoms with Gasteiger partial charge in [-0.05, 0) is 48.1 Å². The van der Waals surface area contributed by atoms with Crippen molar-refractivity contribution < 1.29 is 26.7 Å². The molecule has 6 heteroatoms. The fraction of sp³-hybridized carbons (Fsp3) is 0.455. The van der Waals surface area contributed by atoms with Crippen molar-refractivity contribution in [3.05, 3.63) is 53.8 Å². The molecule has 0 aliphatic carbocycles. The lowest BCUT2D eigenvalue weighted by Gasteiger charge is -2.11. The Hall–Kier alpha value is -2.11. The van der Waals surface area contributed by atoms with Crippen LogP contribution in [0.4, 0.5) is 22.0 Å². The van der Waals surface area contributed by atoms with Crippen molar-refractivity contribution >= 4 is 0 Å². The van der Waals surface area contributed by atoms with Gasteiger partial charge in [-0.25, -0.2) is 4.39 Å². The summed E-state index contributed by atoms with van der Waals surface area (Å²) < 4.78 is 67.0. The standard InChI is InChI=1S/C22H25F5O/c23-14-6-4-2-1-3-5-7-17-8-10-18(11-9-17)19-12-13-21(20(24)15-19)28-16-22(25,26)27/h8-13,15H,1-7,14,16H2. The molecule has 0 radical (unpaired) electrons. The summed E-state index contributed by atoms with van der Waals surface area (Å²) in [5.41, 5.74) is 2.55. The molecule has 0 saturated heterocycles. The van der Waals surface area contributed by atoms with Crippen LogP contribution in [0.1, 0.15) is 44.1 Å². The van der Waals surface area contributed by atoms with Gasteiger partial charge in [0.05, 0.1) is 6.67 Å². The predicted octanol–water partition coefficient (Wildman–Crippen LogP) is 7.29. The highest BCUT2D eigenvalue weighted by Gasteiger charge is 2.28. The van der Waals surface area contributed by atoms with Crippen LogP contribution in [0.5, 0.6) is 5.75 Å². The fourth-order valence-corrected chi connectivity index (χ4v) is 2.95. The first-order valence-corrected chi connectivity index (χ1v) is 9.53. The Morgan fingerprint density at radius 1 is 0.750 bits per heavy atom. The van der Waals surface area contributed by atoms with Crippen LogP contribution in [0.2, 0.25) is 0 Å². The zero-order valence-corrected chi connectivity index (χ0v) is 15.7. The van der Waals surface area contributed by atoms with E-state index in [-0.39, 0.29) is 6.67 Å². The van der Waals surface area contributed by atoms with Crippen molar-refractivity contribution in [2.75, 3.05) is 13.3 Å². The highest BCUT2D eigenvalue weighted by atomic mass is 19.4. The number of benzene rings is 2. The summed E-state index contributed by atoms with van der Waals surface area (Å²) >= 11 is 0. The van der Waals surface area contributed by atoms with E-state index in [0.29, 0.717) is 12.0 Å². The van der Waals surface area contributed by atoms with E-state index in [0.717, 1.165) is 44.1 Å². The van der Waals surface area contributed by atoms with Gasteiger partial charge >= 0.3 is 6.18 Å². The third-order valence-corrected chi connectivity index (χ3v) is 4.46. The van der Waals surface area contributed by atoms with Crippen LogP contribution in [-0.2, 0) is 6.42 Å². The molecule has 0 atom stereocenters. The molecule has 0 amide bonds. The summed E-state index contributed by atoms with van der Waals surface area (Å²) in [4.78, 5) is 0. The van der Waals surface area contributed by atoms with Gasteiger partial charge in [-0.3, -0.25) is 4.39 Å². The van der Waals surface area contributed by atoms with E-state index in [2.05, 4.69) is 4.74 Å². The molecule has 0 heterocycles. The number of alkyl halides is 4. The van der Waals surface area contributed by atoms with Gasteiger partial charge in [-0.15, -0.1) is 0 Å². The molecule has 2 aromatic carbocycles. The van der Waals surface area contributed by atoms with Crippen molar-refractivity contribution in [3.8, 4) is 16.9 Å². The van der Waals surface area contributed by atoms with Crippen LogP contribution in [0.25, 0.3) is 11.1 Å². The third-order valence-electron chi connectivity index (χ3n) is 4.46. The van der Waals surface area contributed by atoms with Crippen LogP contribution in [0, 0.1) is 5.82 Å². The maximum Gasteiger partial charge on any atom is 0.422 e. The maximum absolute atomic E-state index is 14.0. The van der Waals surface area contributed by atoms with Crippen molar-refractivity contribution in [3.63, 3.8) is 0 Å². The molecule has 28 heavy (non-hydrogen) atoms. The molecule has 0 spiro atoms. The minimum absolute atomic E-state index is 0.237. The Bertz CT molecular complexity index is 710. The lowest BCUT2D eigenvalue weighted by Crippen LogP contribution is -2.19. The lowest BCUT2D eigenvalue weighted by molar-refractivity contribution is -0.153. The number of aryl methyl sites for hydroxylation is 1. The minimum atomic E-state index is -4.50. The molecule has 0 aromatic heterocycles. The van der Waals surface area contributed by atoms with Crippen molar-refractivity contribution in [1.82, 2.24) is 0 Å². The Balaban J connectivity index is 1.84. The summed E-state index contributed by atoms with van der Waals surface area (Å²) in [6.07, 6.45) is 2.39. The third kappa shape index (κ3) is 7.87. The molecule has 1 nitrogen and oxygen atoms in total. The van der Waals surface area contributed by atoms with Gasteiger partial charge in [-0.2, -0.15) is 13.2 Å². The largest absolute Gasteiger partial charge is 0.481 e. The zero-order valence-electron chi connectivity index (χ0n) is 15.7. The number of ether oxygens (including phenoxy) is 1. The molecule has 0 bridgehead atoms. The molecule has 2 rings (SSSR count). The van der Waals surface area contributed by atoms with Gasteiger partial charge in [-0.1, -0.05) is 56.0 Å². The first kappa shape index (κ1) is 22.2. The van der Waals surface area contributed by atoms with Crippen LogP contribution in [0.3, 0.4) is 0 Å². The van der Waals surface area contributed by atoms with Gasteiger partial charge in [0, 0.05) is 0 Å². The van der Waals surface area contributed by atoms with Crippen molar-refractivity contribution in [2.24, 2.45) is 0 Å². The van der Waals surface area contributed by atoms with E-state index < -0.39 is 24.3 Å². The van der Waals surface area contributed by atoms with E-state index >= 15 is 0 Å². The second kappa shape index (κ2) is 11.0.